The highest BCUT2D eigenvalue weighted by Gasteiger charge is 2.25. The van der Waals surface area contributed by atoms with Gasteiger partial charge in [0.25, 0.3) is 0 Å². The molecule has 1 N–H and O–H groups in total. The second-order valence-electron chi connectivity index (χ2n) is 9.81. The lowest BCUT2D eigenvalue weighted by Crippen LogP contribution is -2.41. The van der Waals surface area contributed by atoms with Gasteiger partial charge in [0.05, 0.1) is 11.9 Å². The molecule has 0 radical (unpaired) electrons. The third-order valence-electron chi connectivity index (χ3n) is 6.92. The van der Waals surface area contributed by atoms with E-state index in [-0.39, 0.29) is 17.6 Å². The van der Waals surface area contributed by atoms with Crippen LogP contribution in [0.3, 0.4) is 0 Å². The van der Waals surface area contributed by atoms with Crippen molar-refractivity contribution in [3.63, 3.8) is 0 Å². The smallest absolute Gasteiger partial charge is 0.249 e. The molecule has 0 saturated heterocycles. The molecule has 1 aromatic carbocycles. The molecule has 11 nitrogen and oxygen atoms in total. The van der Waals surface area contributed by atoms with Crippen LogP contribution in [-0.2, 0) is 4.79 Å². The van der Waals surface area contributed by atoms with Gasteiger partial charge in [0.15, 0.2) is 23.1 Å². The lowest BCUT2D eigenvalue weighted by Gasteiger charge is -2.32. The summed E-state index contributed by atoms with van der Waals surface area (Å²) in [6.45, 7) is 9.59. The minimum Gasteiger partial charge on any atom is -0.457 e. The van der Waals surface area contributed by atoms with Crippen molar-refractivity contribution >= 4 is 39.7 Å². The summed E-state index contributed by atoms with van der Waals surface area (Å²) in [5.74, 6) is 1.17. The number of nitrogens with zero attached hydrogens (tertiary/aromatic N) is 8. The molecule has 0 saturated carbocycles. The van der Waals surface area contributed by atoms with E-state index in [0.717, 1.165) is 5.57 Å². The Bertz CT molecular complexity index is 1870. The van der Waals surface area contributed by atoms with Crippen LogP contribution < -0.4 is 10.1 Å². The van der Waals surface area contributed by atoms with Gasteiger partial charge in [-0.15, -0.1) is 0 Å². The summed E-state index contributed by atoms with van der Waals surface area (Å²) in [5, 5.41) is 7.13. The van der Waals surface area contributed by atoms with E-state index in [1.807, 2.05) is 13.0 Å². The number of aromatic nitrogens is 7. The number of hydrogen-bond acceptors (Lipinski definition) is 9. The Morgan fingerprint density at radius 3 is 2.83 bits per heavy atom. The highest BCUT2D eigenvalue weighted by Crippen LogP contribution is 2.33. The number of benzene rings is 1. The zero-order chi connectivity index (χ0) is 28.7. The molecule has 1 amide bonds. The zero-order valence-corrected chi connectivity index (χ0v) is 22.7. The largest absolute Gasteiger partial charge is 0.457 e. The molecule has 5 aromatic rings. The molecule has 0 bridgehead atoms. The molecular formula is C29H26FN9O2. The van der Waals surface area contributed by atoms with E-state index >= 15 is 4.39 Å². The number of carbonyl (C=O) groups excluding carboxylic acids is 1. The molecule has 1 aliphatic heterocycles. The first-order chi connectivity index (χ1) is 19.8. The van der Waals surface area contributed by atoms with Gasteiger partial charge in [0.2, 0.25) is 5.91 Å². The predicted octanol–water partition coefficient (Wildman–Crippen LogP) is 5.03. The quantitative estimate of drug-likeness (QED) is 0.290. The van der Waals surface area contributed by atoms with E-state index in [2.05, 4.69) is 36.9 Å². The number of amides is 1. The van der Waals surface area contributed by atoms with E-state index in [4.69, 9.17) is 9.72 Å². The van der Waals surface area contributed by atoms with Crippen molar-refractivity contribution in [2.24, 2.45) is 0 Å². The Morgan fingerprint density at radius 2 is 2.02 bits per heavy atom. The average molecular weight is 552 g/mol. The van der Waals surface area contributed by atoms with Gasteiger partial charge in [-0.3, -0.25) is 4.79 Å². The topological polar surface area (TPSA) is 123 Å². The molecular weight excluding hydrogens is 525 g/mol. The number of ether oxygens (including phenoxy) is 1. The SMILES string of the molecule is C=C(C)C(=O)N1CCC(c2ncc3ncnc(Nc4ccc(Oc5ccn6ncnc6c5)c(C)c4F)c3n2)=C[C@@H]1C. The maximum atomic E-state index is 15.5. The standard InChI is InChI=1S/C29H26FN9O2/c1-16(2)29(40)38-9-7-19(11-17(38)3)27-31-13-22-26(37-27)28(34-14-32-22)36-21-5-6-23(18(4)25(21)30)41-20-8-10-39-24(12-20)33-15-35-39/h5-6,8,10-15,17H,1,7,9H2,2-4H3,(H,32,34,36)/t17-/m0/s1. The van der Waals surface area contributed by atoms with Gasteiger partial charge in [-0.25, -0.2) is 33.8 Å². The Hall–Kier alpha value is -5.26. The first kappa shape index (κ1) is 26.0. The third kappa shape index (κ3) is 4.95. The summed E-state index contributed by atoms with van der Waals surface area (Å²) >= 11 is 0. The molecule has 1 aliphatic rings. The fourth-order valence-corrected chi connectivity index (χ4v) is 4.72. The van der Waals surface area contributed by atoms with Gasteiger partial charge in [-0.1, -0.05) is 12.7 Å². The van der Waals surface area contributed by atoms with Crippen LogP contribution in [0.2, 0.25) is 0 Å². The van der Waals surface area contributed by atoms with Crippen molar-refractivity contribution in [3.05, 3.63) is 84.7 Å². The van der Waals surface area contributed by atoms with Crippen molar-refractivity contribution in [3.8, 4) is 11.5 Å². The van der Waals surface area contributed by atoms with E-state index < -0.39 is 5.82 Å². The van der Waals surface area contributed by atoms with Gasteiger partial charge in [0, 0.05) is 36.0 Å². The highest BCUT2D eigenvalue weighted by atomic mass is 19.1. The van der Waals surface area contributed by atoms with Crippen LogP contribution in [0.1, 0.15) is 31.7 Å². The monoisotopic (exact) mass is 551 g/mol. The molecule has 41 heavy (non-hydrogen) atoms. The summed E-state index contributed by atoms with van der Waals surface area (Å²) < 4.78 is 23.1. The summed E-state index contributed by atoms with van der Waals surface area (Å²) in [6, 6.07) is 6.59. The number of anilines is 2. The Kier molecular flexibility index (Phi) is 6.58. The van der Waals surface area contributed by atoms with Crippen LogP contribution in [0.4, 0.5) is 15.9 Å². The third-order valence-corrected chi connectivity index (χ3v) is 6.92. The summed E-state index contributed by atoms with van der Waals surface area (Å²) in [4.78, 5) is 36.2. The van der Waals surface area contributed by atoms with Crippen LogP contribution in [0, 0.1) is 12.7 Å². The Labute approximate surface area is 234 Å². The lowest BCUT2D eigenvalue weighted by atomic mass is 10.0. The second-order valence-corrected chi connectivity index (χ2v) is 9.81. The zero-order valence-electron chi connectivity index (χ0n) is 22.7. The van der Waals surface area contributed by atoms with Crippen LogP contribution in [0.15, 0.2) is 67.5 Å². The Morgan fingerprint density at radius 1 is 1.17 bits per heavy atom. The summed E-state index contributed by atoms with van der Waals surface area (Å²) in [5.41, 5.74) is 3.52. The fraction of sp³-hybridized carbons (Fsp3) is 0.207. The van der Waals surface area contributed by atoms with Crippen LogP contribution in [0.5, 0.6) is 11.5 Å². The molecule has 5 heterocycles. The van der Waals surface area contributed by atoms with E-state index in [1.165, 1.54) is 12.7 Å². The van der Waals surface area contributed by atoms with Crippen LogP contribution in [0.25, 0.3) is 22.3 Å². The first-order valence-electron chi connectivity index (χ1n) is 13.0. The number of carbonyl (C=O) groups is 1. The van der Waals surface area contributed by atoms with Crippen molar-refractivity contribution in [2.75, 3.05) is 11.9 Å². The van der Waals surface area contributed by atoms with E-state index in [9.17, 15) is 4.79 Å². The molecule has 6 rings (SSSR count). The van der Waals surface area contributed by atoms with Gasteiger partial charge < -0.3 is 15.0 Å². The fourth-order valence-electron chi connectivity index (χ4n) is 4.72. The number of pyridine rings is 1. The molecule has 1 atom stereocenters. The molecule has 206 valence electrons. The molecule has 12 heteroatoms. The lowest BCUT2D eigenvalue weighted by molar-refractivity contribution is -0.128. The minimum absolute atomic E-state index is 0.0720. The van der Waals surface area contributed by atoms with Gasteiger partial charge in [-0.05, 0) is 51.0 Å². The van der Waals surface area contributed by atoms with Crippen LogP contribution in [-0.4, -0.2) is 57.9 Å². The van der Waals surface area contributed by atoms with Gasteiger partial charge in [-0.2, -0.15) is 5.10 Å². The second kappa shape index (κ2) is 10.4. The van der Waals surface area contributed by atoms with Crippen molar-refractivity contribution in [1.29, 1.82) is 0 Å². The average Bonchev–Trinajstić information content (AvgIpc) is 3.44. The van der Waals surface area contributed by atoms with Crippen molar-refractivity contribution < 1.29 is 13.9 Å². The molecule has 4 aromatic heterocycles. The highest BCUT2D eigenvalue weighted by molar-refractivity contribution is 5.93. The van der Waals surface area contributed by atoms with Gasteiger partial charge >= 0.3 is 0 Å². The molecule has 0 spiro atoms. The van der Waals surface area contributed by atoms with Crippen molar-refractivity contribution in [1.82, 2.24) is 39.4 Å². The predicted molar refractivity (Wildman–Crippen MR) is 151 cm³/mol. The number of rotatable bonds is 6. The Balaban J connectivity index is 1.27. The number of fused-ring (bicyclic) bond motifs is 2. The molecule has 0 unspecified atom stereocenters. The maximum absolute atomic E-state index is 15.5. The maximum Gasteiger partial charge on any atom is 0.249 e. The molecule has 0 fully saturated rings. The summed E-state index contributed by atoms with van der Waals surface area (Å²) in [6.07, 6.45) is 8.72. The van der Waals surface area contributed by atoms with Crippen LogP contribution >= 0.6 is 0 Å². The molecule has 0 aliphatic carbocycles. The number of nitrogens with one attached hydrogen (secondary N) is 1. The summed E-state index contributed by atoms with van der Waals surface area (Å²) in [7, 11) is 0. The number of halogens is 1. The number of hydrogen-bond donors (Lipinski definition) is 1. The van der Waals surface area contributed by atoms with Crippen molar-refractivity contribution in [2.45, 2.75) is 33.2 Å². The van der Waals surface area contributed by atoms with E-state index in [0.29, 0.717) is 63.9 Å². The normalized spacial score (nSPS) is 15.2. The first-order valence-corrected chi connectivity index (χ1v) is 13.0. The minimum atomic E-state index is -0.488. The van der Waals surface area contributed by atoms with Gasteiger partial charge in [0.1, 0.15) is 35.2 Å². The van der Waals surface area contributed by atoms with E-state index in [1.54, 1.807) is 59.9 Å².